The first-order chi connectivity index (χ1) is 6.47. The summed E-state index contributed by atoms with van der Waals surface area (Å²) < 4.78 is 0. The summed E-state index contributed by atoms with van der Waals surface area (Å²) in [7, 11) is 0. The predicted molar refractivity (Wildman–Crippen MR) is 57.8 cm³/mol. The van der Waals surface area contributed by atoms with Crippen molar-refractivity contribution in [1.82, 2.24) is 5.32 Å². The molecular weight excluding hydrogens is 202 g/mol. The first-order valence-corrected chi connectivity index (χ1v) is 5.60. The number of carbonyl (C=O) groups is 2. The van der Waals surface area contributed by atoms with Gasteiger partial charge in [-0.1, -0.05) is 6.92 Å². The summed E-state index contributed by atoms with van der Waals surface area (Å²) in [6.07, 6.45) is 1.85. The lowest BCUT2D eigenvalue weighted by molar-refractivity contribution is -0.126. The van der Waals surface area contributed by atoms with E-state index in [4.69, 9.17) is 11.5 Å². The molecule has 0 fully saturated rings. The Bertz CT molecular complexity index is 211. The Morgan fingerprint density at radius 1 is 1.50 bits per heavy atom. The van der Waals surface area contributed by atoms with Gasteiger partial charge in [0.2, 0.25) is 11.8 Å². The lowest BCUT2D eigenvalue weighted by Crippen LogP contribution is -2.44. The second kappa shape index (κ2) is 6.67. The van der Waals surface area contributed by atoms with Crippen molar-refractivity contribution in [3.63, 3.8) is 0 Å². The first-order valence-electron chi connectivity index (χ1n) is 4.31. The quantitative estimate of drug-likeness (QED) is 0.537. The van der Waals surface area contributed by atoms with E-state index in [2.05, 4.69) is 5.32 Å². The number of rotatable bonds is 6. The molecule has 1 unspecified atom stereocenters. The van der Waals surface area contributed by atoms with Crippen molar-refractivity contribution in [3.8, 4) is 0 Å². The Hall–Kier alpha value is -0.750. The summed E-state index contributed by atoms with van der Waals surface area (Å²) in [5.41, 5.74) is 10.3. The van der Waals surface area contributed by atoms with Crippen LogP contribution in [0.5, 0.6) is 0 Å². The van der Waals surface area contributed by atoms with Gasteiger partial charge < -0.3 is 16.8 Å². The molecule has 82 valence electrons. The van der Waals surface area contributed by atoms with Gasteiger partial charge in [0.25, 0.3) is 0 Å². The van der Waals surface area contributed by atoms with Crippen LogP contribution in [0.4, 0.5) is 0 Å². The molecule has 0 aromatic rings. The Balaban J connectivity index is 3.78. The largest absolute Gasteiger partial charge is 0.370 e. The first kappa shape index (κ1) is 13.2. The van der Waals surface area contributed by atoms with Crippen LogP contribution in [0.3, 0.4) is 0 Å². The third kappa shape index (κ3) is 5.82. The molecule has 14 heavy (non-hydrogen) atoms. The highest BCUT2D eigenvalue weighted by molar-refractivity contribution is 7.99. The molecule has 2 amide bonds. The molecule has 0 saturated heterocycles. The van der Waals surface area contributed by atoms with Gasteiger partial charge in [-0.25, -0.2) is 0 Å². The van der Waals surface area contributed by atoms with Gasteiger partial charge in [-0.2, -0.15) is 11.8 Å². The highest BCUT2D eigenvalue weighted by atomic mass is 32.2. The Morgan fingerprint density at radius 2 is 2.07 bits per heavy atom. The van der Waals surface area contributed by atoms with Gasteiger partial charge >= 0.3 is 0 Å². The van der Waals surface area contributed by atoms with Crippen LogP contribution in [0, 0.1) is 0 Å². The molecule has 0 aliphatic carbocycles. The summed E-state index contributed by atoms with van der Waals surface area (Å²) in [6, 6.07) is -0.832. The lowest BCUT2D eigenvalue weighted by atomic mass is 10.2. The van der Waals surface area contributed by atoms with E-state index in [1.807, 2.05) is 13.2 Å². The normalized spacial score (nSPS) is 14.5. The van der Waals surface area contributed by atoms with Gasteiger partial charge in [0.15, 0.2) is 0 Å². The van der Waals surface area contributed by atoms with E-state index in [1.54, 1.807) is 11.8 Å². The van der Waals surface area contributed by atoms with E-state index >= 15 is 0 Å². The van der Waals surface area contributed by atoms with Crippen LogP contribution in [0.25, 0.3) is 0 Å². The molecule has 2 atom stereocenters. The third-order valence-electron chi connectivity index (χ3n) is 1.72. The molecule has 0 aliphatic heterocycles. The minimum Gasteiger partial charge on any atom is -0.370 e. The molecule has 0 bridgehead atoms. The maximum Gasteiger partial charge on any atom is 0.237 e. The third-order valence-corrected chi connectivity index (χ3v) is 2.70. The molecule has 0 radical (unpaired) electrons. The summed E-state index contributed by atoms with van der Waals surface area (Å²) in [5, 5.41) is 2.98. The second-order valence-electron chi connectivity index (χ2n) is 3.07. The number of hydrogen-bond donors (Lipinski definition) is 3. The highest BCUT2D eigenvalue weighted by Gasteiger charge is 2.15. The van der Waals surface area contributed by atoms with Gasteiger partial charge in [0.1, 0.15) is 0 Å². The van der Waals surface area contributed by atoms with Crippen molar-refractivity contribution in [2.24, 2.45) is 11.5 Å². The van der Waals surface area contributed by atoms with Gasteiger partial charge in [0, 0.05) is 11.8 Å². The fourth-order valence-corrected chi connectivity index (χ4v) is 1.02. The molecule has 0 heterocycles. The number of amides is 2. The van der Waals surface area contributed by atoms with Gasteiger partial charge in [-0.15, -0.1) is 0 Å². The monoisotopic (exact) mass is 219 g/mol. The molecule has 0 aromatic carbocycles. The van der Waals surface area contributed by atoms with Crippen molar-refractivity contribution >= 4 is 23.6 Å². The van der Waals surface area contributed by atoms with Gasteiger partial charge in [-0.3, -0.25) is 9.59 Å². The zero-order valence-electron chi connectivity index (χ0n) is 8.45. The zero-order chi connectivity index (χ0) is 11.1. The van der Waals surface area contributed by atoms with Gasteiger partial charge in [-0.05, 0) is 6.26 Å². The Morgan fingerprint density at radius 3 is 2.50 bits per heavy atom. The predicted octanol–water partition coefficient (Wildman–Crippen LogP) is -0.943. The van der Waals surface area contributed by atoms with Crippen LogP contribution in [0.15, 0.2) is 0 Å². The van der Waals surface area contributed by atoms with Crippen molar-refractivity contribution in [2.75, 3.05) is 12.8 Å². The van der Waals surface area contributed by atoms with Crippen LogP contribution in [0.1, 0.15) is 13.3 Å². The maximum atomic E-state index is 11.2. The minimum absolute atomic E-state index is 0.112. The molecule has 5 nitrogen and oxygen atoms in total. The molecule has 0 spiro atoms. The summed E-state index contributed by atoms with van der Waals surface area (Å²) in [6.45, 7) is 2.54. The Labute approximate surface area is 88.0 Å². The molecule has 0 rings (SSSR count). The van der Waals surface area contributed by atoms with Crippen LogP contribution in [-0.2, 0) is 9.59 Å². The smallest absolute Gasteiger partial charge is 0.237 e. The topological polar surface area (TPSA) is 98.2 Å². The van der Waals surface area contributed by atoms with E-state index in [0.29, 0.717) is 11.8 Å². The zero-order valence-corrected chi connectivity index (χ0v) is 9.26. The van der Waals surface area contributed by atoms with E-state index in [-0.39, 0.29) is 12.3 Å². The van der Waals surface area contributed by atoms with E-state index in [1.165, 1.54) is 0 Å². The molecule has 6 heteroatoms. The SMILES string of the molecule is CS[C@H](C)CNC(=O)C(N)CC(N)=O. The average Bonchev–Trinajstić information content (AvgIpc) is 2.12. The van der Waals surface area contributed by atoms with Crippen LogP contribution < -0.4 is 16.8 Å². The summed E-state index contributed by atoms with van der Waals surface area (Å²) >= 11 is 1.65. The number of nitrogens with two attached hydrogens (primary N) is 2. The van der Waals surface area contributed by atoms with Crippen molar-refractivity contribution in [1.29, 1.82) is 0 Å². The molecule has 0 saturated carbocycles. The fraction of sp³-hybridized carbons (Fsp3) is 0.750. The van der Waals surface area contributed by atoms with Crippen LogP contribution in [-0.4, -0.2) is 35.9 Å². The molecule has 0 aliphatic rings. The minimum atomic E-state index is -0.832. The van der Waals surface area contributed by atoms with Crippen molar-refractivity contribution in [3.05, 3.63) is 0 Å². The molecule has 0 aromatic heterocycles. The molecule has 5 N–H and O–H groups in total. The van der Waals surface area contributed by atoms with E-state index < -0.39 is 11.9 Å². The van der Waals surface area contributed by atoms with E-state index in [0.717, 1.165) is 0 Å². The number of carbonyl (C=O) groups excluding carboxylic acids is 2. The summed E-state index contributed by atoms with van der Waals surface area (Å²) in [5.74, 6) is -0.893. The number of nitrogens with one attached hydrogen (secondary N) is 1. The number of primary amides is 1. The number of hydrogen-bond acceptors (Lipinski definition) is 4. The lowest BCUT2D eigenvalue weighted by Gasteiger charge is -2.13. The standard InChI is InChI=1S/C8H17N3O2S/c1-5(14-2)4-11-8(13)6(9)3-7(10)12/h5-6H,3-4,9H2,1-2H3,(H2,10,12)(H,11,13)/t5-,6?/m1/s1. The van der Waals surface area contributed by atoms with Crippen molar-refractivity contribution in [2.45, 2.75) is 24.6 Å². The second-order valence-corrected chi connectivity index (χ2v) is 4.34. The summed E-state index contributed by atoms with van der Waals surface area (Å²) in [4.78, 5) is 21.7. The van der Waals surface area contributed by atoms with Crippen LogP contribution in [0.2, 0.25) is 0 Å². The molecular formula is C8H17N3O2S. The van der Waals surface area contributed by atoms with Crippen LogP contribution >= 0.6 is 11.8 Å². The number of thioether (sulfide) groups is 1. The van der Waals surface area contributed by atoms with Crippen molar-refractivity contribution < 1.29 is 9.59 Å². The average molecular weight is 219 g/mol. The maximum absolute atomic E-state index is 11.2. The highest BCUT2D eigenvalue weighted by Crippen LogP contribution is 2.02. The van der Waals surface area contributed by atoms with Gasteiger partial charge in [0.05, 0.1) is 12.5 Å². The van der Waals surface area contributed by atoms with E-state index in [9.17, 15) is 9.59 Å². The fourth-order valence-electron chi connectivity index (χ4n) is 0.768. The Kier molecular flexibility index (Phi) is 6.31.